The van der Waals surface area contributed by atoms with Gasteiger partial charge in [-0.3, -0.25) is 9.78 Å². The Kier molecular flexibility index (Phi) is 5.77. The number of carbonyl (C=O) groups excluding carboxylic acids is 1. The fourth-order valence-corrected chi connectivity index (χ4v) is 3.63. The SMILES string of the molecule is COc1cncc(NC(C(=O)c2c[nH]c3c(CCO)cccc23)c2ccccc2)c1. The van der Waals surface area contributed by atoms with Crippen LogP contribution in [0.5, 0.6) is 5.75 Å². The highest BCUT2D eigenvalue weighted by Gasteiger charge is 2.25. The highest BCUT2D eigenvalue weighted by atomic mass is 16.5. The summed E-state index contributed by atoms with van der Waals surface area (Å²) in [6, 6.07) is 16.6. The Balaban J connectivity index is 1.75. The van der Waals surface area contributed by atoms with Crippen molar-refractivity contribution in [3.8, 4) is 5.75 Å². The predicted molar refractivity (Wildman–Crippen MR) is 117 cm³/mol. The van der Waals surface area contributed by atoms with Crippen molar-refractivity contribution in [2.24, 2.45) is 0 Å². The van der Waals surface area contributed by atoms with Crippen LogP contribution in [0.4, 0.5) is 5.69 Å². The van der Waals surface area contributed by atoms with Gasteiger partial charge in [0.15, 0.2) is 5.78 Å². The van der Waals surface area contributed by atoms with Gasteiger partial charge in [-0.1, -0.05) is 48.5 Å². The lowest BCUT2D eigenvalue weighted by Crippen LogP contribution is -2.21. The fraction of sp³-hybridized carbons (Fsp3) is 0.167. The van der Waals surface area contributed by atoms with Crippen LogP contribution in [-0.4, -0.2) is 34.6 Å². The molecule has 3 N–H and O–H groups in total. The molecule has 0 bridgehead atoms. The minimum atomic E-state index is -0.597. The summed E-state index contributed by atoms with van der Waals surface area (Å²) in [5.41, 5.74) is 4.01. The summed E-state index contributed by atoms with van der Waals surface area (Å²) in [7, 11) is 1.58. The van der Waals surface area contributed by atoms with E-state index in [0.717, 1.165) is 22.0 Å². The number of rotatable bonds is 8. The number of aromatic amines is 1. The van der Waals surface area contributed by atoms with E-state index in [1.54, 1.807) is 25.7 Å². The lowest BCUT2D eigenvalue weighted by molar-refractivity contribution is 0.0971. The largest absolute Gasteiger partial charge is 0.495 e. The molecular formula is C24H23N3O3. The van der Waals surface area contributed by atoms with Gasteiger partial charge >= 0.3 is 0 Å². The normalized spacial score (nSPS) is 11.9. The van der Waals surface area contributed by atoms with E-state index in [1.807, 2.05) is 54.6 Å². The highest BCUT2D eigenvalue weighted by molar-refractivity contribution is 6.12. The van der Waals surface area contributed by atoms with Crippen LogP contribution in [0.3, 0.4) is 0 Å². The Labute approximate surface area is 174 Å². The quantitative estimate of drug-likeness (QED) is 0.386. The van der Waals surface area contributed by atoms with Crippen LogP contribution in [0.25, 0.3) is 10.9 Å². The lowest BCUT2D eigenvalue weighted by atomic mass is 9.96. The van der Waals surface area contributed by atoms with Gasteiger partial charge in [0.25, 0.3) is 0 Å². The number of aliphatic hydroxyl groups excluding tert-OH is 1. The van der Waals surface area contributed by atoms with Crippen molar-refractivity contribution in [2.75, 3.05) is 19.0 Å². The molecule has 1 atom stereocenters. The molecule has 2 aromatic carbocycles. The first kappa shape index (κ1) is 19.7. The van der Waals surface area contributed by atoms with Crippen molar-refractivity contribution in [1.82, 2.24) is 9.97 Å². The molecule has 6 heteroatoms. The third-order valence-electron chi connectivity index (χ3n) is 5.10. The molecule has 2 aromatic heterocycles. The van der Waals surface area contributed by atoms with E-state index in [-0.39, 0.29) is 12.4 Å². The number of carbonyl (C=O) groups is 1. The Morgan fingerprint density at radius 2 is 2.00 bits per heavy atom. The molecule has 0 spiro atoms. The number of nitrogens with zero attached hydrogens (tertiary/aromatic N) is 1. The van der Waals surface area contributed by atoms with Gasteiger partial charge in [0.2, 0.25) is 0 Å². The number of benzene rings is 2. The average molecular weight is 401 g/mol. The van der Waals surface area contributed by atoms with Crippen LogP contribution in [0.15, 0.2) is 73.2 Å². The van der Waals surface area contributed by atoms with Gasteiger partial charge in [0.05, 0.1) is 25.2 Å². The van der Waals surface area contributed by atoms with Crippen LogP contribution >= 0.6 is 0 Å². The third-order valence-corrected chi connectivity index (χ3v) is 5.10. The summed E-state index contributed by atoms with van der Waals surface area (Å²) < 4.78 is 5.26. The number of methoxy groups -OCH3 is 1. The molecule has 0 radical (unpaired) electrons. The number of aromatic nitrogens is 2. The summed E-state index contributed by atoms with van der Waals surface area (Å²) in [5, 5.41) is 13.5. The zero-order valence-electron chi connectivity index (χ0n) is 16.6. The van der Waals surface area contributed by atoms with E-state index in [1.165, 1.54) is 0 Å². The predicted octanol–water partition coefficient (Wildman–Crippen LogP) is 4.14. The zero-order chi connectivity index (χ0) is 20.9. The third kappa shape index (κ3) is 3.90. The molecule has 152 valence electrons. The fourth-order valence-electron chi connectivity index (χ4n) is 3.63. The number of pyridine rings is 1. The van der Waals surface area contributed by atoms with Crippen molar-refractivity contribution < 1.29 is 14.6 Å². The summed E-state index contributed by atoms with van der Waals surface area (Å²) >= 11 is 0. The number of para-hydroxylation sites is 1. The molecule has 0 saturated carbocycles. The maximum absolute atomic E-state index is 13.7. The van der Waals surface area contributed by atoms with E-state index < -0.39 is 6.04 Å². The molecule has 0 aliphatic rings. The van der Waals surface area contributed by atoms with Crippen molar-refractivity contribution in [3.63, 3.8) is 0 Å². The maximum atomic E-state index is 13.7. The summed E-state index contributed by atoms with van der Waals surface area (Å²) in [4.78, 5) is 21.1. The summed E-state index contributed by atoms with van der Waals surface area (Å²) in [6.45, 7) is 0.0540. The molecule has 0 saturated heterocycles. The number of nitrogens with one attached hydrogen (secondary N) is 2. The molecule has 0 aliphatic heterocycles. The van der Waals surface area contributed by atoms with E-state index in [0.29, 0.717) is 23.4 Å². The number of hydrogen-bond donors (Lipinski definition) is 3. The topological polar surface area (TPSA) is 87.2 Å². The second kappa shape index (κ2) is 8.80. The molecule has 1 unspecified atom stereocenters. The second-order valence-electron chi connectivity index (χ2n) is 6.98. The number of fused-ring (bicyclic) bond motifs is 1. The van der Waals surface area contributed by atoms with Crippen molar-refractivity contribution in [1.29, 1.82) is 0 Å². The van der Waals surface area contributed by atoms with Gasteiger partial charge in [-0.2, -0.15) is 0 Å². The highest BCUT2D eigenvalue weighted by Crippen LogP contribution is 2.29. The first-order chi connectivity index (χ1) is 14.7. The maximum Gasteiger partial charge on any atom is 0.191 e. The van der Waals surface area contributed by atoms with Crippen molar-refractivity contribution in [3.05, 3.63) is 89.9 Å². The van der Waals surface area contributed by atoms with Gasteiger partial charge in [-0.15, -0.1) is 0 Å². The molecule has 4 rings (SSSR count). The van der Waals surface area contributed by atoms with Gasteiger partial charge in [0.1, 0.15) is 11.8 Å². The van der Waals surface area contributed by atoms with Gasteiger partial charge in [-0.05, 0) is 17.5 Å². The van der Waals surface area contributed by atoms with Crippen LogP contribution in [0, 0.1) is 0 Å². The standard InChI is InChI=1S/C24H23N3O3/c1-30-19-12-18(13-25-14-19)27-23(16-6-3-2-4-7-16)24(29)21-15-26-22-17(10-11-28)8-5-9-20(21)22/h2-9,12-15,23,26-28H,10-11H2,1H3. The first-order valence-electron chi connectivity index (χ1n) is 9.76. The number of ether oxygens (including phenoxy) is 1. The second-order valence-corrected chi connectivity index (χ2v) is 6.98. The Bertz CT molecular complexity index is 1150. The van der Waals surface area contributed by atoms with E-state index in [2.05, 4.69) is 15.3 Å². The number of anilines is 1. The smallest absolute Gasteiger partial charge is 0.191 e. The minimum absolute atomic E-state index is 0.0540. The number of ketones is 1. The van der Waals surface area contributed by atoms with Crippen molar-refractivity contribution >= 4 is 22.4 Å². The number of hydrogen-bond acceptors (Lipinski definition) is 5. The van der Waals surface area contributed by atoms with Gasteiger partial charge in [-0.25, -0.2) is 0 Å². The number of Topliss-reactive ketones (excluding diaryl/α,β-unsaturated/α-hetero) is 1. The van der Waals surface area contributed by atoms with E-state index >= 15 is 0 Å². The minimum Gasteiger partial charge on any atom is -0.495 e. The molecule has 6 nitrogen and oxygen atoms in total. The van der Waals surface area contributed by atoms with Gasteiger partial charge in [0, 0.05) is 35.3 Å². The van der Waals surface area contributed by atoms with E-state index in [4.69, 9.17) is 4.74 Å². The first-order valence-corrected chi connectivity index (χ1v) is 9.76. The summed E-state index contributed by atoms with van der Waals surface area (Å²) in [6.07, 6.45) is 5.56. The van der Waals surface area contributed by atoms with E-state index in [9.17, 15) is 9.90 Å². The molecule has 0 aliphatic carbocycles. The van der Waals surface area contributed by atoms with Crippen molar-refractivity contribution in [2.45, 2.75) is 12.5 Å². The molecule has 30 heavy (non-hydrogen) atoms. The Morgan fingerprint density at radius 1 is 1.17 bits per heavy atom. The van der Waals surface area contributed by atoms with Crippen LogP contribution in [-0.2, 0) is 6.42 Å². The van der Waals surface area contributed by atoms with Gasteiger partial charge < -0.3 is 20.1 Å². The van der Waals surface area contributed by atoms with Crippen LogP contribution < -0.4 is 10.1 Å². The molecular weight excluding hydrogens is 378 g/mol. The Hall–Kier alpha value is -3.64. The Morgan fingerprint density at radius 3 is 2.77 bits per heavy atom. The van der Waals surface area contributed by atoms with Crippen LogP contribution in [0.2, 0.25) is 0 Å². The average Bonchev–Trinajstić information content (AvgIpc) is 3.23. The van der Waals surface area contributed by atoms with Crippen LogP contribution in [0.1, 0.15) is 27.5 Å². The molecule has 2 heterocycles. The monoisotopic (exact) mass is 401 g/mol. The molecule has 0 amide bonds. The molecule has 4 aromatic rings. The molecule has 0 fully saturated rings. The number of aliphatic hydroxyl groups is 1. The lowest BCUT2D eigenvalue weighted by Gasteiger charge is -2.19. The number of H-pyrrole nitrogens is 1. The zero-order valence-corrected chi connectivity index (χ0v) is 16.6. The summed E-state index contributed by atoms with van der Waals surface area (Å²) in [5.74, 6) is 0.552.